The Kier molecular flexibility index (Phi) is 7.22. The van der Waals surface area contributed by atoms with Crippen molar-refractivity contribution in [3.8, 4) is 17.1 Å². The van der Waals surface area contributed by atoms with Crippen molar-refractivity contribution in [1.29, 1.82) is 0 Å². The number of hydrogen-bond acceptors (Lipinski definition) is 9. The summed E-state index contributed by atoms with van der Waals surface area (Å²) in [5, 5.41) is 39.0. The Hall–Kier alpha value is -3.14. The number of halogens is 2. The summed E-state index contributed by atoms with van der Waals surface area (Å²) >= 11 is 8.30. The molecule has 3 aromatic heterocycles. The highest BCUT2D eigenvalue weighted by atomic mass is 127. The molecule has 39 heavy (non-hydrogen) atoms. The van der Waals surface area contributed by atoms with Crippen LogP contribution in [0.15, 0.2) is 67.3 Å². The van der Waals surface area contributed by atoms with Crippen LogP contribution in [-0.4, -0.2) is 69.5 Å². The molecule has 11 nitrogen and oxygen atoms in total. The molecule has 4 atom stereocenters. The molecule has 0 amide bonds. The Morgan fingerprint density at radius 2 is 1.87 bits per heavy atom. The number of ether oxygens (including phenoxy) is 1. The fourth-order valence-corrected chi connectivity index (χ4v) is 5.22. The second-order valence-electron chi connectivity index (χ2n) is 9.09. The molecule has 13 heteroatoms. The Morgan fingerprint density at radius 3 is 2.62 bits per heavy atom. The number of fused-ring (bicyclic) bond motifs is 1. The number of hydrogen-bond donors (Lipinski definition) is 4. The second-order valence-corrected chi connectivity index (χ2v) is 10.8. The average Bonchev–Trinajstić information content (AvgIpc) is 3.66. The van der Waals surface area contributed by atoms with Crippen LogP contribution in [0.4, 0.5) is 5.82 Å². The second kappa shape index (κ2) is 10.8. The highest BCUT2D eigenvalue weighted by Crippen LogP contribution is 2.33. The van der Waals surface area contributed by atoms with Gasteiger partial charge in [0, 0.05) is 26.9 Å². The third kappa shape index (κ3) is 5.11. The predicted octanol–water partition coefficient (Wildman–Crippen LogP) is 3.16. The van der Waals surface area contributed by atoms with Gasteiger partial charge in [0.2, 0.25) is 0 Å². The zero-order valence-electron chi connectivity index (χ0n) is 20.3. The van der Waals surface area contributed by atoms with E-state index in [2.05, 4.69) is 44.1 Å². The Balaban J connectivity index is 1.42. The Morgan fingerprint density at radius 1 is 1.05 bits per heavy atom. The molecule has 0 bridgehead atoms. The van der Waals surface area contributed by atoms with Crippen LogP contribution in [0.3, 0.4) is 0 Å². The summed E-state index contributed by atoms with van der Waals surface area (Å²) in [5.41, 5.74) is 3.65. The molecule has 1 fully saturated rings. The van der Waals surface area contributed by atoms with Gasteiger partial charge in [0.15, 0.2) is 23.2 Å². The summed E-state index contributed by atoms with van der Waals surface area (Å²) in [6.45, 7) is 0.0449. The highest BCUT2D eigenvalue weighted by molar-refractivity contribution is 14.1. The van der Waals surface area contributed by atoms with Crippen molar-refractivity contribution < 1.29 is 20.1 Å². The van der Waals surface area contributed by atoms with Gasteiger partial charge < -0.3 is 25.4 Å². The number of aromatic nitrogens is 6. The first-order chi connectivity index (χ1) is 18.9. The molecule has 4 heterocycles. The van der Waals surface area contributed by atoms with Crippen molar-refractivity contribution in [1.82, 2.24) is 29.3 Å². The number of rotatable bonds is 7. The molecule has 4 N–H and O–H groups in total. The normalized spacial score (nSPS) is 21.1. The minimum absolute atomic E-state index is 0.265. The lowest BCUT2D eigenvalue weighted by Gasteiger charge is -2.17. The van der Waals surface area contributed by atoms with E-state index in [0.29, 0.717) is 28.5 Å². The van der Waals surface area contributed by atoms with Gasteiger partial charge in [-0.2, -0.15) is 15.1 Å². The summed E-state index contributed by atoms with van der Waals surface area (Å²) in [4.78, 5) is 13.9. The van der Waals surface area contributed by atoms with Crippen molar-refractivity contribution in [3.63, 3.8) is 0 Å². The standard InChI is InChI=1S/C26H23ClIN7O4/c27-17-6-4-15(5-7-17)16-10-31-35(11-16)26-32-23(29-9-14-2-1-3-18(28)8-14)20-24(33-26)34(13-30-20)25-22(38)21(37)19(12-36)39-25/h1-8,10-11,13,19,21-22,25,36-38H,9,12H2,(H,29,32,33)/t19-,21-,22-,25-/m1/s1. The van der Waals surface area contributed by atoms with Crippen molar-refractivity contribution in [2.45, 2.75) is 31.1 Å². The van der Waals surface area contributed by atoms with E-state index in [1.165, 1.54) is 10.9 Å². The average molecular weight is 660 g/mol. The molecule has 0 aliphatic carbocycles. The number of nitrogens with zero attached hydrogens (tertiary/aromatic N) is 6. The van der Waals surface area contributed by atoms with Crippen LogP contribution in [0.1, 0.15) is 11.8 Å². The van der Waals surface area contributed by atoms with Crippen LogP contribution < -0.4 is 5.32 Å². The number of imidazole rings is 1. The van der Waals surface area contributed by atoms with E-state index >= 15 is 0 Å². The van der Waals surface area contributed by atoms with Gasteiger partial charge in [-0.3, -0.25) is 4.57 Å². The van der Waals surface area contributed by atoms with E-state index < -0.39 is 31.1 Å². The van der Waals surface area contributed by atoms with E-state index in [9.17, 15) is 15.3 Å². The summed E-state index contributed by atoms with van der Waals surface area (Å²) < 4.78 is 9.94. The van der Waals surface area contributed by atoms with Gasteiger partial charge in [0.05, 0.1) is 19.1 Å². The lowest BCUT2D eigenvalue weighted by molar-refractivity contribution is -0.0511. The molecular weight excluding hydrogens is 637 g/mol. The van der Waals surface area contributed by atoms with Gasteiger partial charge in [0.25, 0.3) is 5.95 Å². The maximum absolute atomic E-state index is 10.7. The maximum Gasteiger partial charge on any atom is 0.254 e. The largest absolute Gasteiger partial charge is 0.394 e. The molecular formula is C26H23ClIN7O4. The third-order valence-corrected chi connectivity index (χ3v) is 7.44. The van der Waals surface area contributed by atoms with Gasteiger partial charge in [-0.1, -0.05) is 35.9 Å². The summed E-state index contributed by atoms with van der Waals surface area (Å²) in [6.07, 6.45) is 0.500. The van der Waals surface area contributed by atoms with Crippen molar-refractivity contribution in [2.75, 3.05) is 11.9 Å². The molecule has 1 aliphatic rings. The Bertz CT molecular complexity index is 1630. The number of nitrogens with one attached hydrogen (secondary N) is 1. The summed E-state index contributed by atoms with van der Waals surface area (Å²) in [5.74, 6) is 0.726. The minimum Gasteiger partial charge on any atom is -0.394 e. The van der Waals surface area contributed by atoms with Gasteiger partial charge >= 0.3 is 0 Å². The molecule has 0 saturated carbocycles. The third-order valence-electron chi connectivity index (χ3n) is 6.51. The van der Waals surface area contributed by atoms with E-state index in [4.69, 9.17) is 26.3 Å². The van der Waals surface area contributed by atoms with E-state index in [0.717, 1.165) is 20.3 Å². The van der Waals surface area contributed by atoms with Crippen molar-refractivity contribution in [2.24, 2.45) is 0 Å². The smallest absolute Gasteiger partial charge is 0.254 e. The van der Waals surface area contributed by atoms with E-state index in [-0.39, 0.29) is 5.95 Å². The maximum atomic E-state index is 10.7. The fraction of sp³-hybridized carbons (Fsp3) is 0.231. The molecule has 5 aromatic rings. The molecule has 0 unspecified atom stereocenters. The fourth-order valence-electron chi connectivity index (χ4n) is 4.48. The van der Waals surface area contributed by atoms with E-state index in [1.807, 2.05) is 42.5 Å². The van der Waals surface area contributed by atoms with E-state index in [1.54, 1.807) is 17.1 Å². The summed E-state index contributed by atoms with van der Waals surface area (Å²) in [7, 11) is 0. The monoisotopic (exact) mass is 659 g/mol. The number of aliphatic hydroxyl groups is 3. The molecule has 6 rings (SSSR count). The number of benzene rings is 2. The minimum atomic E-state index is -1.29. The van der Waals surface area contributed by atoms with Crippen LogP contribution in [-0.2, 0) is 11.3 Å². The topological polar surface area (TPSA) is 143 Å². The van der Waals surface area contributed by atoms with Crippen LogP contribution in [0.5, 0.6) is 0 Å². The molecule has 2 aromatic carbocycles. The predicted molar refractivity (Wildman–Crippen MR) is 152 cm³/mol. The number of aliphatic hydroxyl groups excluding tert-OH is 3. The van der Waals surface area contributed by atoms with Crippen LogP contribution in [0, 0.1) is 3.57 Å². The zero-order valence-corrected chi connectivity index (χ0v) is 23.2. The van der Waals surface area contributed by atoms with Crippen LogP contribution >= 0.6 is 34.2 Å². The lowest BCUT2D eigenvalue weighted by Crippen LogP contribution is -2.33. The highest BCUT2D eigenvalue weighted by Gasteiger charge is 2.44. The van der Waals surface area contributed by atoms with Gasteiger partial charge in [-0.05, 0) is 58.0 Å². The zero-order chi connectivity index (χ0) is 27.1. The first kappa shape index (κ1) is 26.1. The quantitative estimate of drug-likeness (QED) is 0.194. The van der Waals surface area contributed by atoms with Gasteiger partial charge in [-0.25, -0.2) is 9.67 Å². The lowest BCUT2D eigenvalue weighted by atomic mass is 10.1. The molecule has 0 spiro atoms. The SMILES string of the molecule is OC[C@H]1O[C@@H](n2cnc3c(NCc4cccc(I)c4)nc(-n4cc(-c5ccc(Cl)cc5)cn4)nc32)[C@H](O)[C@@H]1O. The number of anilines is 1. The first-order valence-corrected chi connectivity index (χ1v) is 13.5. The van der Waals surface area contributed by atoms with Crippen molar-refractivity contribution >= 4 is 51.2 Å². The van der Waals surface area contributed by atoms with Gasteiger partial charge in [0.1, 0.15) is 18.3 Å². The first-order valence-electron chi connectivity index (χ1n) is 12.1. The molecule has 0 radical (unpaired) electrons. The van der Waals surface area contributed by atoms with Crippen LogP contribution in [0.2, 0.25) is 5.02 Å². The molecule has 200 valence electrons. The van der Waals surface area contributed by atoms with Crippen molar-refractivity contribution in [3.05, 3.63) is 81.4 Å². The molecule has 1 saturated heterocycles. The summed E-state index contributed by atoms with van der Waals surface area (Å²) in [6, 6.07) is 15.5. The van der Waals surface area contributed by atoms with Gasteiger partial charge in [-0.15, -0.1) is 0 Å². The molecule has 1 aliphatic heterocycles. The van der Waals surface area contributed by atoms with Crippen LogP contribution in [0.25, 0.3) is 28.2 Å². The Labute approximate surface area is 241 Å².